The number of benzene rings is 2. The number of carbonyl (C=O) groups is 3. The van der Waals surface area contributed by atoms with E-state index in [2.05, 4.69) is 0 Å². The van der Waals surface area contributed by atoms with E-state index in [1.807, 2.05) is 0 Å². The van der Waals surface area contributed by atoms with Gasteiger partial charge in [0, 0.05) is 6.42 Å². The molecule has 136 valence electrons. The fraction of sp³-hybridized carbons (Fsp3) is 0.105. The first kappa shape index (κ1) is 17.2. The molecule has 2 aliphatic rings. The number of carbonyl (C=O) groups excluding carboxylic acids is 3. The van der Waals surface area contributed by atoms with Crippen LogP contribution in [0.25, 0.3) is 0 Å². The predicted molar refractivity (Wildman–Crippen MR) is 94.5 cm³/mol. The molecule has 7 nitrogen and oxygen atoms in total. The van der Waals surface area contributed by atoms with E-state index in [9.17, 15) is 22.8 Å². The van der Waals surface area contributed by atoms with Crippen molar-refractivity contribution in [1.82, 2.24) is 9.21 Å². The van der Waals surface area contributed by atoms with E-state index < -0.39 is 27.7 Å². The van der Waals surface area contributed by atoms with Gasteiger partial charge < -0.3 is 0 Å². The molecule has 0 saturated carbocycles. The van der Waals surface area contributed by atoms with Crippen molar-refractivity contribution in [3.8, 4) is 0 Å². The number of sulfonamides is 1. The first-order valence-corrected chi connectivity index (χ1v) is 9.63. The molecule has 8 heteroatoms. The molecule has 0 aliphatic carbocycles. The van der Waals surface area contributed by atoms with Crippen LogP contribution >= 0.6 is 0 Å². The lowest BCUT2D eigenvalue weighted by molar-refractivity contribution is -0.144. The highest BCUT2D eigenvalue weighted by Gasteiger charge is 2.47. The molecule has 3 amide bonds. The van der Waals surface area contributed by atoms with Crippen LogP contribution in [0.4, 0.5) is 0 Å². The number of hydrogen-bond donors (Lipinski definition) is 0. The molecule has 0 bridgehead atoms. The Morgan fingerprint density at radius 2 is 1.52 bits per heavy atom. The maximum absolute atomic E-state index is 12.9. The molecule has 0 spiro atoms. The van der Waals surface area contributed by atoms with E-state index in [4.69, 9.17) is 0 Å². The highest BCUT2D eigenvalue weighted by atomic mass is 32.2. The van der Waals surface area contributed by atoms with E-state index in [0.29, 0.717) is 4.31 Å². The van der Waals surface area contributed by atoms with Gasteiger partial charge in [0.2, 0.25) is 5.91 Å². The maximum atomic E-state index is 12.9. The molecule has 2 aromatic carbocycles. The van der Waals surface area contributed by atoms with Crippen molar-refractivity contribution in [2.45, 2.75) is 17.9 Å². The second-order valence-electron chi connectivity index (χ2n) is 6.13. The molecule has 0 radical (unpaired) electrons. The van der Waals surface area contributed by atoms with Crippen LogP contribution < -0.4 is 0 Å². The lowest BCUT2D eigenvalue weighted by atomic mass is 10.1. The van der Waals surface area contributed by atoms with Gasteiger partial charge in [0.1, 0.15) is 10.6 Å². The molecular formula is C19H14N2O5S. The molecule has 2 aliphatic heterocycles. The van der Waals surface area contributed by atoms with Crippen molar-refractivity contribution in [3.63, 3.8) is 0 Å². The number of amides is 3. The zero-order chi connectivity index (χ0) is 19.2. The number of rotatable bonds is 3. The summed E-state index contributed by atoms with van der Waals surface area (Å²) < 4.78 is 26.1. The van der Waals surface area contributed by atoms with E-state index in [1.165, 1.54) is 24.3 Å². The summed E-state index contributed by atoms with van der Waals surface area (Å²) in [4.78, 5) is 38.6. The zero-order valence-corrected chi connectivity index (χ0v) is 14.8. The Morgan fingerprint density at radius 3 is 2.22 bits per heavy atom. The summed E-state index contributed by atoms with van der Waals surface area (Å²) >= 11 is 0. The second-order valence-corrected chi connectivity index (χ2v) is 7.89. The van der Waals surface area contributed by atoms with E-state index in [1.54, 1.807) is 36.4 Å². The van der Waals surface area contributed by atoms with Crippen molar-refractivity contribution < 1.29 is 22.8 Å². The fourth-order valence-corrected chi connectivity index (χ4v) is 4.76. The van der Waals surface area contributed by atoms with Crippen molar-refractivity contribution in [1.29, 1.82) is 0 Å². The minimum absolute atomic E-state index is 0.00483. The van der Waals surface area contributed by atoms with Gasteiger partial charge >= 0.3 is 0 Å². The minimum Gasteiger partial charge on any atom is -0.274 e. The Morgan fingerprint density at radius 1 is 0.852 bits per heavy atom. The smallest absolute Gasteiger partial charge is 0.274 e. The maximum Gasteiger partial charge on any atom is 0.278 e. The zero-order valence-electron chi connectivity index (χ0n) is 14.0. The number of nitrogens with zero attached hydrogens (tertiary/aromatic N) is 2. The first-order chi connectivity index (χ1) is 12.9. The van der Waals surface area contributed by atoms with Gasteiger partial charge in [-0.1, -0.05) is 42.5 Å². The molecule has 0 fully saturated rings. The quantitative estimate of drug-likeness (QED) is 0.753. The first-order valence-electron chi connectivity index (χ1n) is 8.19. The number of hydrogen-bond acceptors (Lipinski definition) is 5. The molecule has 27 heavy (non-hydrogen) atoms. The van der Waals surface area contributed by atoms with Gasteiger partial charge in [0.05, 0.1) is 12.1 Å². The largest absolute Gasteiger partial charge is 0.278 e. The van der Waals surface area contributed by atoms with Gasteiger partial charge in [0.25, 0.3) is 21.8 Å². The fourth-order valence-electron chi connectivity index (χ4n) is 3.15. The molecule has 0 atom stereocenters. The molecule has 0 N–H and O–H groups in total. The van der Waals surface area contributed by atoms with Crippen LogP contribution in [0.5, 0.6) is 0 Å². The number of imide groups is 1. The summed E-state index contributed by atoms with van der Waals surface area (Å²) in [6.07, 6.45) is 1.04. The standard InChI is InChI=1S/C19H14N2O5S/c22-17-11-10-15(19(24)20(17)12-13-6-2-1-3-7-13)21-18(23)14-8-4-5-9-16(14)27(21,25)26/h1-10H,11-12H2. The van der Waals surface area contributed by atoms with Crippen LogP contribution in [0.3, 0.4) is 0 Å². The summed E-state index contributed by atoms with van der Waals surface area (Å²) in [5.74, 6) is -2.05. The average Bonchev–Trinajstić information content (AvgIpc) is 2.87. The summed E-state index contributed by atoms with van der Waals surface area (Å²) in [5, 5.41) is 0. The summed E-state index contributed by atoms with van der Waals surface area (Å²) in [6.45, 7) is 0.00483. The van der Waals surface area contributed by atoms with Crippen LogP contribution in [-0.2, 0) is 26.2 Å². The predicted octanol–water partition coefficient (Wildman–Crippen LogP) is 1.67. The van der Waals surface area contributed by atoms with Crippen LogP contribution in [-0.4, -0.2) is 35.3 Å². The molecule has 0 unspecified atom stereocenters. The van der Waals surface area contributed by atoms with Gasteiger partial charge in [-0.2, -0.15) is 4.31 Å². The summed E-state index contributed by atoms with van der Waals surface area (Å²) in [5.41, 5.74) is 0.420. The van der Waals surface area contributed by atoms with E-state index >= 15 is 0 Å². The second kappa shape index (κ2) is 6.17. The molecule has 0 saturated heterocycles. The van der Waals surface area contributed by atoms with Gasteiger partial charge in [-0.25, -0.2) is 8.42 Å². The third-order valence-electron chi connectivity index (χ3n) is 4.46. The van der Waals surface area contributed by atoms with Gasteiger partial charge in [-0.3, -0.25) is 19.3 Å². The van der Waals surface area contributed by atoms with Gasteiger partial charge in [0.15, 0.2) is 0 Å². The van der Waals surface area contributed by atoms with Crippen LogP contribution in [0.2, 0.25) is 0 Å². The highest BCUT2D eigenvalue weighted by molar-refractivity contribution is 7.90. The van der Waals surface area contributed by atoms with Crippen LogP contribution in [0.1, 0.15) is 22.3 Å². The lowest BCUT2D eigenvalue weighted by Gasteiger charge is -2.28. The molecule has 4 rings (SSSR count). The Kier molecular flexibility index (Phi) is 3.92. The third-order valence-corrected chi connectivity index (χ3v) is 6.21. The monoisotopic (exact) mass is 382 g/mol. The third kappa shape index (κ3) is 2.65. The van der Waals surface area contributed by atoms with Crippen molar-refractivity contribution in [2.24, 2.45) is 0 Å². The minimum atomic E-state index is -4.19. The molecule has 2 heterocycles. The normalized spacial score (nSPS) is 18.5. The molecular weight excluding hydrogens is 368 g/mol. The Bertz CT molecular complexity index is 1110. The van der Waals surface area contributed by atoms with Gasteiger partial charge in [-0.15, -0.1) is 0 Å². The van der Waals surface area contributed by atoms with E-state index in [0.717, 1.165) is 10.5 Å². The highest BCUT2D eigenvalue weighted by Crippen LogP contribution is 2.34. The Labute approximate surface area is 155 Å². The van der Waals surface area contributed by atoms with Crippen LogP contribution in [0, 0.1) is 0 Å². The van der Waals surface area contributed by atoms with E-state index in [-0.39, 0.29) is 29.1 Å². The van der Waals surface area contributed by atoms with Crippen molar-refractivity contribution in [2.75, 3.05) is 0 Å². The van der Waals surface area contributed by atoms with Crippen molar-refractivity contribution >= 4 is 27.7 Å². The number of fused-ring (bicyclic) bond motifs is 1. The summed E-state index contributed by atoms with van der Waals surface area (Å²) in [7, 11) is -4.19. The molecule has 0 aromatic heterocycles. The van der Waals surface area contributed by atoms with Crippen molar-refractivity contribution in [3.05, 3.63) is 77.5 Å². The van der Waals surface area contributed by atoms with Gasteiger partial charge in [-0.05, 0) is 23.8 Å². The summed E-state index contributed by atoms with van der Waals surface area (Å²) in [6, 6.07) is 14.7. The Balaban J connectivity index is 1.72. The lowest BCUT2D eigenvalue weighted by Crippen LogP contribution is -2.45. The Hall–Kier alpha value is -3.26. The topological polar surface area (TPSA) is 91.8 Å². The van der Waals surface area contributed by atoms with Crippen LogP contribution in [0.15, 0.2) is 71.3 Å². The SMILES string of the molecule is O=C1CC=C(N2C(=O)c3ccccc3S2(=O)=O)C(=O)N1Cc1ccccc1. The molecule has 2 aromatic rings. The average molecular weight is 382 g/mol.